The number of fused-ring (bicyclic) bond motifs is 1. The first-order chi connectivity index (χ1) is 12.5. The fourth-order valence-electron chi connectivity index (χ4n) is 5.08. The SMILES string of the molecule is CC1(C)C(NC(=O)C2CCCN2C(=O)Cc2ccccc2)C2CCOC21. The topological polar surface area (TPSA) is 58.6 Å². The molecule has 5 nitrogen and oxygen atoms in total. The molecule has 3 fully saturated rings. The first-order valence-electron chi connectivity index (χ1n) is 9.74. The van der Waals surface area contributed by atoms with Crippen LogP contribution in [0, 0.1) is 11.3 Å². The predicted molar refractivity (Wildman–Crippen MR) is 98.4 cm³/mol. The van der Waals surface area contributed by atoms with E-state index in [1.54, 1.807) is 4.90 Å². The second-order valence-corrected chi connectivity index (χ2v) is 8.46. The minimum absolute atomic E-state index is 0.00679. The highest BCUT2D eigenvalue weighted by Crippen LogP contribution is 2.52. The zero-order valence-corrected chi connectivity index (χ0v) is 15.6. The maximum Gasteiger partial charge on any atom is 0.243 e. The van der Waals surface area contributed by atoms with E-state index in [9.17, 15) is 9.59 Å². The molecule has 2 saturated heterocycles. The summed E-state index contributed by atoms with van der Waals surface area (Å²) in [6.45, 7) is 5.79. The van der Waals surface area contributed by atoms with E-state index in [1.165, 1.54) is 0 Å². The average Bonchev–Trinajstić information content (AvgIpc) is 3.28. The van der Waals surface area contributed by atoms with Gasteiger partial charge in [-0.15, -0.1) is 0 Å². The van der Waals surface area contributed by atoms with Crippen molar-refractivity contribution < 1.29 is 14.3 Å². The van der Waals surface area contributed by atoms with Crippen LogP contribution in [0.25, 0.3) is 0 Å². The van der Waals surface area contributed by atoms with Crippen molar-refractivity contribution in [1.82, 2.24) is 10.2 Å². The number of rotatable bonds is 4. The molecule has 4 rings (SSSR count). The molecule has 140 valence electrons. The van der Waals surface area contributed by atoms with E-state index in [4.69, 9.17) is 4.74 Å². The van der Waals surface area contributed by atoms with E-state index in [2.05, 4.69) is 19.2 Å². The lowest BCUT2D eigenvalue weighted by Crippen LogP contribution is -2.68. The number of carbonyl (C=O) groups is 2. The summed E-state index contributed by atoms with van der Waals surface area (Å²) in [7, 11) is 0. The second-order valence-electron chi connectivity index (χ2n) is 8.46. The number of nitrogens with one attached hydrogen (secondary N) is 1. The van der Waals surface area contributed by atoms with Gasteiger partial charge in [0, 0.05) is 30.5 Å². The van der Waals surface area contributed by atoms with Crippen LogP contribution in [-0.2, 0) is 20.7 Å². The third-order valence-electron chi connectivity index (χ3n) is 6.47. The number of nitrogens with zero attached hydrogens (tertiary/aromatic N) is 1. The quantitative estimate of drug-likeness (QED) is 0.899. The maximum atomic E-state index is 12.9. The highest BCUT2D eigenvalue weighted by atomic mass is 16.5. The summed E-state index contributed by atoms with van der Waals surface area (Å²) in [5, 5.41) is 3.26. The van der Waals surface area contributed by atoms with E-state index in [0.717, 1.165) is 31.4 Å². The molecule has 0 radical (unpaired) electrons. The van der Waals surface area contributed by atoms with Gasteiger partial charge in [-0.25, -0.2) is 0 Å². The molecule has 2 heterocycles. The lowest BCUT2D eigenvalue weighted by molar-refractivity contribution is -0.146. The normalized spacial score (nSPS) is 32.0. The minimum atomic E-state index is -0.330. The van der Waals surface area contributed by atoms with Gasteiger partial charge in [-0.05, 0) is 24.8 Å². The largest absolute Gasteiger partial charge is 0.377 e. The van der Waals surface area contributed by atoms with Crippen LogP contribution in [0.15, 0.2) is 30.3 Å². The molecule has 3 aliphatic rings. The summed E-state index contributed by atoms with van der Waals surface area (Å²) in [4.78, 5) is 27.5. The van der Waals surface area contributed by atoms with Gasteiger partial charge in [-0.1, -0.05) is 44.2 Å². The molecule has 26 heavy (non-hydrogen) atoms. The number of amides is 2. The Kier molecular flexibility index (Phi) is 4.51. The molecule has 0 spiro atoms. The van der Waals surface area contributed by atoms with Crippen molar-refractivity contribution in [2.45, 2.75) is 57.7 Å². The standard InChI is InChI=1S/C21H28N2O3/c1-21(2)18(15-10-12-26-19(15)21)22-20(25)16-9-6-11-23(16)17(24)13-14-7-4-3-5-8-14/h3-5,7-8,15-16,18-19H,6,9-13H2,1-2H3,(H,22,25). The summed E-state index contributed by atoms with van der Waals surface area (Å²) >= 11 is 0. The Morgan fingerprint density at radius 1 is 1.23 bits per heavy atom. The number of likely N-dealkylation sites (tertiary alicyclic amines) is 1. The molecule has 5 heteroatoms. The van der Waals surface area contributed by atoms with Crippen LogP contribution in [0.2, 0.25) is 0 Å². The van der Waals surface area contributed by atoms with Gasteiger partial charge in [0.1, 0.15) is 6.04 Å². The van der Waals surface area contributed by atoms with Crippen molar-refractivity contribution in [2.75, 3.05) is 13.2 Å². The van der Waals surface area contributed by atoms with Gasteiger partial charge in [0.05, 0.1) is 12.5 Å². The van der Waals surface area contributed by atoms with Crippen LogP contribution in [0.4, 0.5) is 0 Å². The third-order valence-corrected chi connectivity index (χ3v) is 6.47. The van der Waals surface area contributed by atoms with Crippen LogP contribution in [0.5, 0.6) is 0 Å². The van der Waals surface area contributed by atoms with Crippen LogP contribution >= 0.6 is 0 Å². The Morgan fingerprint density at radius 2 is 2.00 bits per heavy atom. The Hall–Kier alpha value is -1.88. The van der Waals surface area contributed by atoms with Crippen LogP contribution < -0.4 is 5.32 Å². The fraction of sp³-hybridized carbons (Fsp3) is 0.619. The average molecular weight is 356 g/mol. The number of hydrogen-bond donors (Lipinski definition) is 1. The van der Waals surface area contributed by atoms with E-state index in [0.29, 0.717) is 18.9 Å². The molecule has 1 aliphatic carbocycles. The number of ether oxygens (including phenoxy) is 1. The molecule has 1 saturated carbocycles. The van der Waals surface area contributed by atoms with E-state index >= 15 is 0 Å². The van der Waals surface area contributed by atoms with Gasteiger partial charge in [0.25, 0.3) is 0 Å². The first-order valence-corrected chi connectivity index (χ1v) is 9.74. The molecule has 1 aromatic rings. The molecule has 0 bridgehead atoms. The molecule has 2 aliphatic heterocycles. The molecule has 1 aromatic carbocycles. The first kappa shape index (κ1) is 17.5. The van der Waals surface area contributed by atoms with Crippen molar-refractivity contribution in [3.8, 4) is 0 Å². The molecule has 0 aromatic heterocycles. The summed E-state index contributed by atoms with van der Waals surface area (Å²) in [5.74, 6) is 0.472. The third kappa shape index (κ3) is 2.92. The second kappa shape index (κ2) is 6.69. The molecular weight excluding hydrogens is 328 g/mol. The Balaban J connectivity index is 1.40. The molecule has 1 N–H and O–H groups in total. The van der Waals surface area contributed by atoms with Crippen molar-refractivity contribution >= 4 is 11.8 Å². The summed E-state index contributed by atoms with van der Waals surface area (Å²) in [6.07, 6.45) is 3.27. The van der Waals surface area contributed by atoms with Gasteiger partial charge in [0.2, 0.25) is 11.8 Å². The summed E-state index contributed by atoms with van der Waals surface area (Å²) in [6, 6.07) is 9.56. The number of hydrogen-bond acceptors (Lipinski definition) is 3. The summed E-state index contributed by atoms with van der Waals surface area (Å²) < 4.78 is 5.81. The zero-order chi connectivity index (χ0) is 18.3. The Labute approximate surface area is 155 Å². The van der Waals surface area contributed by atoms with Gasteiger partial charge < -0.3 is 15.0 Å². The van der Waals surface area contributed by atoms with Crippen molar-refractivity contribution in [2.24, 2.45) is 11.3 Å². The summed E-state index contributed by atoms with van der Waals surface area (Å²) in [5.41, 5.74) is 0.962. The number of carbonyl (C=O) groups excluding carboxylic acids is 2. The van der Waals surface area contributed by atoms with Crippen molar-refractivity contribution in [3.63, 3.8) is 0 Å². The Bertz CT molecular complexity index is 688. The highest BCUT2D eigenvalue weighted by Gasteiger charge is 2.60. The van der Waals surface area contributed by atoms with Gasteiger partial charge in [-0.3, -0.25) is 9.59 Å². The van der Waals surface area contributed by atoms with E-state index < -0.39 is 0 Å². The molecule has 4 unspecified atom stereocenters. The van der Waals surface area contributed by atoms with Crippen LogP contribution in [0.1, 0.15) is 38.7 Å². The van der Waals surface area contributed by atoms with Crippen LogP contribution in [0.3, 0.4) is 0 Å². The minimum Gasteiger partial charge on any atom is -0.377 e. The van der Waals surface area contributed by atoms with Crippen LogP contribution in [-0.4, -0.2) is 48.1 Å². The highest BCUT2D eigenvalue weighted by molar-refractivity contribution is 5.89. The molecule has 4 atom stereocenters. The Morgan fingerprint density at radius 3 is 2.77 bits per heavy atom. The van der Waals surface area contributed by atoms with Gasteiger partial charge in [0.15, 0.2) is 0 Å². The van der Waals surface area contributed by atoms with E-state index in [1.807, 2.05) is 30.3 Å². The maximum absolute atomic E-state index is 12.9. The lowest BCUT2D eigenvalue weighted by atomic mass is 9.57. The lowest BCUT2D eigenvalue weighted by Gasteiger charge is -2.54. The van der Waals surface area contributed by atoms with Crippen molar-refractivity contribution in [1.29, 1.82) is 0 Å². The molecular formula is C21H28N2O3. The number of benzene rings is 1. The monoisotopic (exact) mass is 356 g/mol. The zero-order valence-electron chi connectivity index (χ0n) is 15.6. The van der Waals surface area contributed by atoms with Gasteiger partial charge >= 0.3 is 0 Å². The van der Waals surface area contributed by atoms with Gasteiger partial charge in [-0.2, -0.15) is 0 Å². The fourth-order valence-corrected chi connectivity index (χ4v) is 5.08. The molecule has 2 amide bonds. The predicted octanol–water partition coefficient (Wildman–Crippen LogP) is 2.15. The smallest absolute Gasteiger partial charge is 0.243 e. The van der Waals surface area contributed by atoms with Crippen molar-refractivity contribution in [3.05, 3.63) is 35.9 Å². The van der Waals surface area contributed by atoms with E-state index in [-0.39, 0.29) is 35.4 Å².